The molecule has 0 spiro atoms. The van der Waals surface area contributed by atoms with Crippen molar-refractivity contribution in [3.05, 3.63) is 11.1 Å². The van der Waals surface area contributed by atoms with Crippen molar-refractivity contribution >= 4 is 33.1 Å². The molecule has 0 aromatic carbocycles. The minimum absolute atomic E-state index is 0.156. The first-order valence-corrected chi connectivity index (χ1v) is 15.3. The molecule has 2 aliphatic heterocycles. The molecule has 0 aliphatic carbocycles. The third-order valence-corrected chi connectivity index (χ3v) is 17.3. The average Bonchev–Trinajstić information content (AvgIpc) is 2.86. The predicted molar refractivity (Wildman–Crippen MR) is 122 cm³/mol. The van der Waals surface area contributed by atoms with E-state index in [1.54, 1.807) is 0 Å². The number of fused-ring (bicyclic) bond motifs is 1. The van der Waals surface area contributed by atoms with Crippen LogP contribution in [-0.4, -0.2) is 60.0 Å². The number of methoxy groups -OCH3 is 1. The van der Waals surface area contributed by atoms with Crippen LogP contribution in [0, 0.1) is 0 Å². The Morgan fingerprint density at radius 1 is 1.03 bits per heavy atom. The summed E-state index contributed by atoms with van der Waals surface area (Å²) in [5.41, 5.74) is -0.730. The molecule has 6 nitrogen and oxygen atoms in total. The zero-order valence-electron chi connectivity index (χ0n) is 19.3. The van der Waals surface area contributed by atoms with Gasteiger partial charge in [-0.25, -0.2) is 0 Å². The van der Waals surface area contributed by atoms with Crippen molar-refractivity contribution in [2.75, 3.05) is 13.7 Å². The molecule has 0 radical (unpaired) electrons. The van der Waals surface area contributed by atoms with Gasteiger partial charge in [0.05, 0.1) is 6.61 Å². The molecule has 1 N–H and O–H groups in total. The van der Waals surface area contributed by atoms with E-state index >= 15 is 0 Å². The largest absolute Gasteiger partial charge is 0.414 e. The predicted octanol–water partition coefficient (Wildman–Crippen LogP) is 4.95. The molecule has 2 rings (SSSR count). The van der Waals surface area contributed by atoms with Gasteiger partial charge in [-0.3, -0.25) is 0 Å². The van der Waals surface area contributed by atoms with Crippen molar-refractivity contribution in [1.82, 2.24) is 0 Å². The number of ether oxygens (including phenoxy) is 2. The van der Waals surface area contributed by atoms with Gasteiger partial charge in [0.2, 0.25) is 0 Å². The van der Waals surface area contributed by atoms with Crippen molar-refractivity contribution in [3.63, 3.8) is 0 Å². The summed E-state index contributed by atoms with van der Waals surface area (Å²) >= 11 is 3.38. The fourth-order valence-corrected chi connectivity index (χ4v) is 16.3. The summed E-state index contributed by atoms with van der Waals surface area (Å²) in [5, 5.41) is 11.6. The third-order valence-electron chi connectivity index (χ3n) is 6.40. The maximum Gasteiger partial charge on any atom is 0.335 e. The lowest BCUT2D eigenvalue weighted by atomic mass is 9.95. The summed E-state index contributed by atoms with van der Waals surface area (Å²) in [5.74, 6) is 0. The van der Waals surface area contributed by atoms with Crippen LogP contribution in [0.15, 0.2) is 11.1 Å². The lowest BCUT2D eigenvalue weighted by Crippen LogP contribution is -2.67. The molecule has 2 saturated heterocycles. The molecule has 2 fully saturated rings. The number of hydrogen-bond acceptors (Lipinski definition) is 6. The first kappa shape index (κ1) is 25.7. The van der Waals surface area contributed by atoms with Crippen LogP contribution in [0.1, 0.15) is 55.4 Å². The fourth-order valence-electron chi connectivity index (χ4n) is 4.69. The standard InChI is InChI=1S/C20H39BrO6Si2/c1-12(2)28(13(3)4)24-11-17-18(20(22,16(9)21)19(23-10)25-17)26-29(27-28,14(5)6)15(7)8/h12-15,17-19,22H,9,11H2,1-8,10H3/t17-,18-,19-,20+/m0/s1. The molecule has 29 heavy (non-hydrogen) atoms. The van der Waals surface area contributed by atoms with E-state index in [2.05, 4.69) is 77.9 Å². The highest BCUT2D eigenvalue weighted by molar-refractivity contribution is 9.11. The molecule has 0 aromatic rings. The first-order chi connectivity index (χ1) is 13.3. The molecule has 2 aliphatic rings. The highest BCUT2D eigenvalue weighted by atomic mass is 79.9. The van der Waals surface area contributed by atoms with Crippen molar-refractivity contribution < 1.29 is 27.5 Å². The van der Waals surface area contributed by atoms with E-state index in [1.807, 2.05) is 0 Å². The quantitative estimate of drug-likeness (QED) is 0.509. The molecule has 0 amide bonds. The van der Waals surface area contributed by atoms with Crippen molar-refractivity contribution in [2.24, 2.45) is 0 Å². The first-order valence-electron chi connectivity index (χ1n) is 10.6. The smallest absolute Gasteiger partial charge is 0.335 e. The average molecular weight is 512 g/mol. The van der Waals surface area contributed by atoms with Gasteiger partial charge >= 0.3 is 17.1 Å². The van der Waals surface area contributed by atoms with E-state index in [-0.39, 0.29) is 28.8 Å². The minimum Gasteiger partial charge on any atom is -0.414 e. The SMILES string of the molecule is C=C(Br)[C@]1(O)[C@@H](OC)O[C@H]2CO[Si](C(C)C)(C(C)C)O[Si](C(C)C)(C(C)C)O[C@@H]21. The molecule has 4 atom stereocenters. The van der Waals surface area contributed by atoms with E-state index in [0.29, 0.717) is 4.48 Å². The summed E-state index contributed by atoms with van der Waals surface area (Å²) < 4.78 is 32.7. The highest BCUT2D eigenvalue weighted by Gasteiger charge is 2.66. The molecule has 0 saturated carbocycles. The Bertz CT molecular complexity index is 584. The summed E-state index contributed by atoms with van der Waals surface area (Å²) in [6.45, 7) is 21.5. The van der Waals surface area contributed by atoms with Crippen molar-refractivity contribution in [3.8, 4) is 0 Å². The number of aliphatic hydroxyl groups is 1. The molecule has 0 unspecified atom stereocenters. The lowest BCUT2D eigenvalue weighted by molar-refractivity contribution is -0.176. The van der Waals surface area contributed by atoms with Gasteiger partial charge in [0.15, 0.2) is 11.9 Å². The van der Waals surface area contributed by atoms with Crippen LogP contribution in [0.2, 0.25) is 22.2 Å². The van der Waals surface area contributed by atoms with Crippen LogP contribution in [0.3, 0.4) is 0 Å². The second-order valence-electron chi connectivity index (χ2n) is 9.49. The van der Waals surface area contributed by atoms with Crippen LogP contribution >= 0.6 is 15.9 Å². The number of halogens is 1. The van der Waals surface area contributed by atoms with Gasteiger partial charge in [0, 0.05) is 11.6 Å². The summed E-state index contributed by atoms with van der Waals surface area (Å²) in [6, 6.07) is 0. The molecule has 0 aromatic heterocycles. The summed E-state index contributed by atoms with van der Waals surface area (Å²) in [7, 11) is -4.00. The van der Waals surface area contributed by atoms with Gasteiger partial charge in [-0.2, -0.15) is 0 Å². The maximum absolute atomic E-state index is 11.6. The molecular formula is C20H39BrO6Si2. The van der Waals surface area contributed by atoms with Crippen LogP contribution in [-0.2, 0) is 22.4 Å². The Balaban J connectivity index is 2.66. The van der Waals surface area contributed by atoms with Gasteiger partial charge < -0.3 is 27.5 Å². The Labute approximate surface area is 186 Å². The van der Waals surface area contributed by atoms with Crippen molar-refractivity contribution in [1.29, 1.82) is 0 Å². The Morgan fingerprint density at radius 2 is 1.52 bits per heavy atom. The molecule has 170 valence electrons. The molecule has 2 heterocycles. The zero-order valence-corrected chi connectivity index (χ0v) is 22.9. The van der Waals surface area contributed by atoms with E-state index in [4.69, 9.17) is 22.4 Å². The van der Waals surface area contributed by atoms with Gasteiger partial charge in [-0.15, -0.1) is 0 Å². The molecule has 0 bridgehead atoms. The van der Waals surface area contributed by atoms with E-state index in [9.17, 15) is 5.11 Å². The Morgan fingerprint density at radius 3 is 1.90 bits per heavy atom. The van der Waals surface area contributed by atoms with Crippen LogP contribution in [0.5, 0.6) is 0 Å². The van der Waals surface area contributed by atoms with Crippen LogP contribution in [0.4, 0.5) is 0 Å². The highest BCUT2D eigenvalue weighted by Crippen LogP contribution is 2.50. The fraction of sp³-hybridized carbons (Fsp3) is 0.900. The normalized spacial score (nSPS) is 34.5. The number of rotatable bonds is 6. The van der Waals surface area contributed by atoms with Crippen LogP contribution in [0.25, 0.3) is 0 Å². The molecule has 9 heteroatoms. The van der Waals surface area contributed by atoms with E-state index < -0.39 is 41.2 Å². The summed E-state index contributed by atoms with van der Waals surface area (Å²) in [4.78, 5) is 0. The second kappa shape index (κ2) is 9.11. The van der Waals surface area contributed by atoms with Gasteiger partial charge in [-0.1, -0.05) is 77.9 Å². The van der Waals surface area contributed by atoms with Crippen LogP contribution < -0.4 is 0 Å². The Hall–Kier alpha value is 0.414. The topological polar surface area (TPSA) is 66.4 Å². The van der Waals surface area contributed by atoms with E-state index in [1.165, 1.54) is 7.11 Å². The van der Waals surface area contributed by atoms with Gasteiger partial charge in [0.25, 0.3) is 0 Å². The Kier molecular flexibility index (Phi) is 8.06. The number of hydrogen-bond donors (Lipinski definition) is 1. The lowest BCUT2D eigenvalue weighted by Gasteiger charge is -2.52. The zero-order chi connectivity index (χ0) is 22.4. The van der Waals surface area contributed by atoms with Gasteiger partial charge in [-0.05, 0) is 22.2 Å². The monoisotopic (exact) mass is 510 g/mol. The van der Waals surface area contributed by atoms with Crippen molar-refractivity contribution in [2.45, 2.75) is 102 Å². The van der Waals surface area contributed by atoms with Gasteiger partial charge in [0.1, 0.15) is 12.2 Å². The minimum atomic E-state index is -2.86. The molecular weight excluding hydrogens is 472 g/mol. The second-order valence-corrected chi connectivity index (χ2v) is 19.3. The summed E-state index contributed by atoms with van der Waals surface area (Å²) in [6.07, 6.45) is -2.06. The third kappa shape index (κ3) is 4.11. The van der Waals surface area contributed by atoms with E-state index in [0.717, 1.165) is 0 Å². The maximum atomic E-state index is 11.6.